The van der Waals surface area contributed by atoms with Gasteiger partial charge in [-0.2, -0.15) is 0 Å². The monoisotopic (exact) mass is 247 g/mol. The van der Waals surface area contributed by atoms with E-state index in [2.05, 4.69) is 6.07 Å². The molecule has 0 bridgehead atoms. The van der Waals surface area contributed by atoms with Gasteiger partial charge in [0.2, 0.25) is 5.91 Å². The van der Waals surface area contributed by atoms with Crippen LogP contribution in [0.4, 0.5) is 0 Å². The number of amides is 1. The van der Waals surface area contributed by atoms with Gasteiger partial charge in [-0.1, -0.05) is 24.3 Å². The van der Waals surface area contributed by atoms with Crippen LogP contribution in [-0.4, -0.2) is 48.3 Å². The van der Waals surface area contributed by atoms with Gasteiger partial charge in [-0.25, -0.2) is 0 Å². The molecule has 1 saturated heterocycles. The van der Waals surface area contributed by atoms with Gasteiger partial charge >= 0.3 is 0 Å². The Hall–Kier alpha value is -1.39. The third-order valence-corrected chi connectivity index (χ3v) is 3.87. The standard InChI is InChI=1S/C14H17NO3/c16-8-11-9-18-6-5-15(11)14(17)13-7-10-3-1-2-4-12(10)13/h1-4,11,13,16H,5-9H2. The first-order chi connectivity index (χ1) is 8.81. The van der Waals surface area contributed by atoms with Gasteiger partial charge in [-0.05, 0) is 17.5 Å². The molecule has 2 atom stereocenters. The summed E-state index contributed by atoms with van der Waals surface area (Å²) in [7, 11) is 0. The Morgan fingerprint density at radius 3 is 3.06 bits per heavy atom. The highest BCUT2D eigenvalue weighted by Gasteiger charge is 2.37. The van der Waals surface area contributed by atoms with Gasteiger partial charge in [0.05, 0.1) is 31.8 Å². The molecule has 18 heavy (non-hydrogen) atoms. The highest BCUT2D eigenvalue weighted by Crippen LogP contribution is 2.36. The molecule has 0 saturated carbocycles. The van der Waals surface area contributed by atoms with Gasteiger partial charge in [0.1, 0.15) is 0 Å². The fourth-order valence-electron chi connectivity index (χ4n) is 2.78. The SMILES string of the molecule is O=C(C1Cc2ccccc21)N1CCOCC1CO. The van der Waals surface area contributed by atoms with Crippen molar-refractivity contribution in [3.8, 4) is 0 Å². The molecule has 0 aromatic heterocycles. The van der Waals surface area contributed by atoms with Crippen LogP contribution >= 0.6 is 0 Å². The van der Waals surface area contributed by atoms with Crippen molar-refractivity contribution in [3.05, 3.63) is 35.4 Å². The summed E-state index contributed by atoms with van der Waals surface area (Å²) in [5.74, 6) is 0.115. The van der Waals surface area contributed by atoms with Crippen LogP contribution < -0.4 is 0 Å². The summed E-state index contributed by atoms with van der Waals surface area (Å²) in [5, 5.41) is 9.30. The van der Waals surface area contributed by atoms with Crippen molar-refractivity contribution in [1.82, 2.24) is 4.90 Å². The second-order valence-corrected chi connectivity index (χ2v) is 4.90. The van der Waals surface area contributed by atoms with E-state index in [-0.39, 0.29) is 24.5 Å². The number of hydrogen-bond acceptors (Lipinski definition) is 3. The van der Waals surface area contributed by atoms with Crippen LogP contribution in [0.5, 0.6) is 0 Å². The molecule has 3 rings (SSSR count). The summed E-state index contributed by atoms with van der Waals surface area (Å²) in [6.07, 6.45) is 0.824. The van der Waals surface area contributed by atoms with Gasteiger partial charge in [0.15, 0.2) is 0 Å². The number of carbonyl (C=O) groups is 1. The Morgan fingerprint density at radius 1 is 1.44 bits per heavy atom. The van der Waals surface area contributed by atoms with Gasteiger partial charge in [-0.3, -0.25) is 4.79 Å². The van der Waals surface area contributed by atoms with Crippen LogP contribution in [0.25, 0.3) is 0 Å². The van der Waals surface area contributed by atoms with E-state index in [0.29, 0.717) is 19.8 Å². The number of fused-ring (bicyclic) bond motifs is 1. The lowest BCUT2D eigenvalue weighted by Gasteiger charge is -2.39. The zero-order valence-electron chi connectivity index (χ0n) is 10.2. The molecule has 96 valence electrons. The van der Waals surface area contributed by atoms with Crippen molar-refractivity contribution < 1.29 is 14.6 Å². The summed E-state index contributed by atoms with van der Waals surface area (Å²) in [5.41, 5.74) is 2.41. The normalized spacial score (nSPS) is 26.4. The number of ether oxygens (including phenoxy) is 1. The molecule has 1 aromatic rings. The first kappa shape index (κ1) is 11.7. The second kappa shape index (κ2) is 4.71. The highest BCUT2D eigenvalue weighted by atomic mass is 16.5. The zero-order chi connectivity index (χ0) is 12.5. The molecular formula is C14H17NO3. The van der Waals surface area contributed by atoms with Crippen LogP contribution in [0.1, 0.15) is 17.0 Å². The summed E-state index contributed by atoms with van der Waals surface area (Å²) >= 11 is 0. The molecule has 2 aliphatic rings. The molecule has 1 fully saturated rings. The molecule has 1 aromatic carbocycles. The molecule has 1 amide bonds. The van der Waals surface area contributed by atoms with Crippen LogP contribution in [0.2, 0.25) is 0 Å². The quantitative estimate of drug-likeness (QED) is 0.830. The zero-order valence-corrected chi connectivity index (χ0v) is 10.2. The van der Waals surface area contributed by atoms with E-state index in [4.69, 9.17) is 4.74 Å². The van der Waals surface area contributed by atoms with E-state index >= 15 is 0 Å². The van der Waals surface area contributed by atoms with Crippen LogP contribution in [0.15, 0.2) is 24.3 Å². The molecule has 0 radical (unpaired) electrons. The fourth-order valence-corrected chi connectivity index (χ4v) is 2.78. The number of hydrogen-bond donors (Lipinski definition) is 1. The molecule has 1 N–H and O–H groups in total. The predicted molar refractivity (Wildman–Crippen MR) is 66.3 cm³/mol. The van der Waals surface area contributed by atoms with Crippen molar-refractivity contribution in [2.45, 2.75) is 18.4 Å². The second-order valence-electron chi connectivity index (χ2n) is 4.90. The largest absolute Gasteiger partial charge is 0.394 e. The van der Waals surface area contributed by atoms with Crippen LogP contribution in [0, 0.1) is 0 Å². The van der Waals surface area contributed by atoms with Gasteiger partial charge in [0.25, 0.3) is 0 Å². The number of aliphatic hydroxyl groups excluding tert-OH is 1. The first-order valence-electron chi connectivity index (χ1n) is 6.38. The van der Waals surface area contributed by atoms with E-state index in [0.717, 1.165) is 12.0 Å². The Morgan fingerprint density at radius 2 is 2.28 bits per heavy atom. The number of rotatable bonds is 2. The summed E-state index contributed by atoms with van der Waals surface area (Å²) < 4.78 is 5.30. The third kappa shape index (κ3) is 1.82. The van der Waals surface area contributed by atoms with E-state index in [1.165, 1.54) is 5.56 Å². The number of nitrogens with zero attached hydrogens (tertiary/aromatic N) is 1. The molecule has 4 nitrogen and oxygen atoms in total. The topological polar surface area (TPSA) is 49.8 Å². The molecular weight excluding hydrogens is 230 g/mol. The Balaban J connectivity index is 1.76. The van der Waals surface area contributed by atoms with Crippen LogP contribution in [0.3, 0.4) is 0 Å². The molecule has 1 aliphatic carbocycles. The fraction of sp³-hybridized carbons (Fsp3) is 0.500. The van der Waals surface area contributed by atoms with E-state index < -0.39 is 0 Å². The van der Waals surface area contributed by atoms with Crippen molar-refractivity contribution in [3.63, 3.8) is 0 Å². The Bertz CT molecular complexity index is 460. The van der Waals surface area contributed by atoms with E-state index in [1.54, 1.807) is 4.90 Å². The first-order valence-corrected chi connectivity index (χ1v) is 6.38. The molecule has 0 spiro atoms. The lowest BCUT2D eigenvalue weighted by molar-refractivity contribution is -0.143. The summed E-state index contributed by atoms with van der Waals surface area (Å²) in [6, 6.07) is 7.89. The maximum absolute atomic E-state index is 12.5. The average molecular weight is 247 g/mol. The number of benzene rings is 1. The lowest BCUT2D eigenvalue weighted by atomic mass is 9.76. The number of aliphatic hydroxyl groups is 1. The summed E-state index contributed by atoms with van der Waals surface area (Å²) in [6.45, 7) is 1.57. The van der Waals surface area contributed by atoms with Gasteiger partial charge in [0, 0.05) is 6.54 Å². The minimum Gasteiger partial charge on any atom is -0.394 e. The number of morpholine rings is 1. The summed E-state index contributed by atoms with van der Waals surface area (Å²) in [4.78, 5) is 14.3. The van der Waals surface area contributed by atoms with Gasteiger partial charge < -0.3 is 14.7 Å². The van der Waals surface area contributed by atoms with E-state index in [1.807, 2.05) is 18.2 Å². The lowest BCUT2D eigenvalue weighted by Crippen LogP contribution is -2.53. The van der Waals surface area contributed by atoms with Crippen molar-refractivity contribution in [2.24, 2.45) is 0 Å². The Labute approximate surface area is 106 Å². The van der Waals surface area contributed by atoms with Crippen molar-refractivity contribution in [1.29, 1.82) is 0 Å². The smallest absolute Gasteiger partial charge is 0.230 e. The molecule has 4 heteroatoms. The number of carbonyl (C=O) groups excluding carboxylic acids is 1. The molecule has 2 unspecified atom stereocenters. The maximum atomic E-state index is 12.5. The van der Waals surface area contributed by atoms with Crippen molar-refractivity contribution >= 4 is 5.91 Å². The molecule has 1 heterocycles. The maximum Gasteiger partial charge on any atom is 0.230 e. The van der Waals surface area contributed by atoms with E-state index in [9.17, 15) is 9.90 Å². The minimum absolute atomic E-state index is 0.0200. The predicted octanol–water partition coefficient (Wildman–Crippen LogP) is 0.546. The average Bonchev–Trinajstić information content (AvgIpc) is 2.40. The highest BCUT2D eigenvalue weighted by molar-refractivity contribution is 5.87. The van der Waals surface area contributed by atoms with Crippen LogP contribution in [-0.2, 0) is 16.0 Å². The van der Waals surface area contributed by atoms with Gasteiger partial charge in [-0.15, -0.1) is 0 Å². The third-order valence-electron chi connectivity index (χ3n) is 3.87. The Kier molecular flexibility index (Phi) is 3.06. The minimum atomic E-state index is -0.181. The molecule has 1 aliphatic heterocycles. The van der Waals surface area contributed by atoms with Crippen molar-refractivity contribution in [2.75, 3.05) is 26.4 Å².